The molecule has 0 aliphatic carbocycles. The SMILES string of the molecule is CCNC(=O)[C@@H](c1ccccc1)N(Cc1ccc(F)cc1)C(C)=O. The fourth-order valence-corrected chi connectivity index (χ4v) is 2.55. The van der Waals surface area contributed by atoms with Crippen LogP contribution in [0.2, 0.25) is 0 Å². The second kappa shape index (κ2) is 8.24. The van der Waals surface area contributed by atoms with Crippen molar-refractivity contribution in [3.63, 3.8) is 0 Å². The Morgan fingerprint density at radius 3 is 2.25 bits per heavy atom. The van der Waals surface area contributed by atoms with Crippen LogP contribution in [0, 0.1) is 5.82 Å². The van der Waals surface area contributed by atoms with E-state index in [4.69, 9.17) is 0 Å². The van der Waals surface area contributed by atoms with Crippen molar-refractivity contribution in [2.45, 2.75) is 26.4 Å². The molecule has 0 fully saturated rings. The van der Waals surface area contributed by atoms with Gasteiger partial charge in [0.25, 0.3) is 0 Å². The average Bonchev–Trinajstić information content (AvgIpc) is 2.57. The molecule has 0 saturated carbocycles. The zero-order valence-electron chi connectivity index (χ0n) is 13.8. The Morgan fingerprint density at radius 2 is 1.71 bits per heavy atom. The number of likely N-dealkylation sites (N-methyl/N-ethyl adjacent to an activating group) is 1. The second-order valence-corrected chi connectivity index (χ2v) is 5.48. The molecule has 0 spiro atoms. The number of benzene rings is 2. The van der Waals surface area contributed by atoms with E-state index in [1.54, 1.807) is 12.1 Å². The minimum Gasteiger partial charge on any atom is -0.354 e. The van der Waals surface area contributed by atoms with Crippen molar-refractivity contribution < 1.29 is 14.0 Å². The summed E-state index contributed by atoms with van der Waals surface area (Å²) in [6, 6.07) is 14.4. The lowest BCUT2D eigenvalue weighted by Crippen LogP contribution is -2.42. The zero-order chi connectivity index (χ0) is 17.5. The third-order valence-electron chi connectivity index (χ3n) is 3.70. The molecule has 2 amide bonds. The molecule has 0 aliphatic heterocycles. The predicted molar refractivity (Wildman–Crippen MR) is 90.5 cm³/mol. The monoisotopic (exact) mass is 328 g/mol. The highest BCUT2D eigenvalue weighted by molar-refractivity contribution is 5.88. The van der Waals surface area contributed by atoms with Crippen LogP contribution in [-0.4, -0.2) is 23.3 Å². The highest BCUT2D eigenvalue weighted by Crippen LogP contribution is 2.23. The lowest BCUT2D eigenvalue weighted by molar-refractivity contribution is -0.140. The number of rotatable bonds is 6. The first-order chi connectivity index (χ1) is 11.5. The van der Waals surface area contributed by atoms with Crippen molar-refractivity contribution in [2.24, 2.45) is 0 Å². The Labute approximate surface area is 141 Å². The van der Waals surface area contributed by atoms with Crippen molar-refractivity contribution in [1.82, 2.24) is 10.2 Å². The lowest BCUT2D eigenvalue weighted by Gasteiger charge is -2.30. The first-order valence-corrected chi connectivity index (χ1v) is 7.87. The second-order valence-electron chi connectivity index (χ2n) is 5.48. The Hall–Kier alpha value is -2.69. The van der Waals surface area contributed by atoms with E-state index in [0.717, 1.165) is 11.1 Å². The molecule has 0 bridgehead atoms. The van der Waals surface area contributed by atoms with Gasteiger partial charge in [0.05, 0.1) is 0 Å². The molecule has 2 rings (SSSR count). The van der Waals surface area contributed by atoms with Crippen LogP contribution in [0.5, 0.6) is 0 Å². The minimum atomic E-state index is -0.728. The van der Waals surface area contributed by atoms with Crippen LogP contribution in [0.25, 0.3) is 0 Å². The van der Waals surface area contributed by atoms with Crippen LogP contribution >= 0.6 is 0 Å². The van der Waals surface area contributed by atoms with Gasteiger partial charge in [0.1, 0.15) is 11.9 Å². The van der Waals surface area contributed by atoms with Gasteiger partial charge >= 0.3 is 0 Å². The third-order valence-corrected chi connectivity index (χ3v) is 3.70. The van der Waals surface area contributed by atoms with Gasteiger partial charge in [0.2, 0.25) is 11.8 Å². The number of amides is 2. The summed E-state index contributed by atoms with van der Waals surface area (Å²) < 4.78 is 13.1. The van der Waals surface area contributed by atoms with E-state index < -0.39 is 6.04 Å². The van der Waals surface area contributed by atoms with Crippen molar-refractivity contribution in [2.75, 3.05) is 6.54 Å². The first kappa shape index (κ1) is 17.7. The van der Waals surface area contributed by atoms with E-state index in [1.807, 2.05) is 37.3 Å². The maximum Gasteiger partial charge on any atom is 0.247 e. The van der Waals surface area contributed by atoms with Crippen LogP contribution in [0.1, 0.15) is 31.0 Å². The molecule has 2 aromatic rings. The molecule has 0 aromatic heterocycles. The van der Waals surface area contributed by atoms with Gasteiger partial charge in [-0.3, -0.25) is 9.59 Å². The fraction of sp³-hybridized carbons (Fsp3) is 0.263. The van der Waals surface area contributed by atoms with E-state index in [9.17, 15) is 14.0 Å². The van der Waals surface area contributed by atoms with Gasteiger partial charge in [0.15, 0.2) is 0 Å². The Morgan fingerprint density at radius 1 is 1.08 bits per heavy atom. The van der Waals surface area contributed by atoms with Gasteiger partial charge < -0.3 is 10.2 Å². The topological polar surface area (TPSA) is 49.4 Å². The Balaban J connectivity index is 2.36. The van der Waals surface area contributed by atoms with Gasteiger partial charge in [-0.25, -0.2) is 4.39 Å². The van der Waals surface area contributed by atoms with Crippen LogP contribution in [0.4, 0.5) is 4.39 Å². The molecule has 1 N–H and O–H groups in total. The standard InChI is InChI=1S/C19H21FN2O2/c1-3-21-19(24)18(16-7-5-4-6-8-16)22(14(2)23)13-15-9-11-17(20)12-10-15/h4-12,18H,3,13H2,1-2H3,(H,21,24)/t18-/m1/s1. The normalized spacial score (nSPS) is 11.6. The molecule has 126 valence electrons. The average molecular weight is 328 g/mol. The largest absolute Gasteiger partial charge is 0.354 e. The van der Waals surface area contributed by atoms with Crippen molar-refractivity contribution in [1.29, 1.82) is 0 Å². The maximum atomic E-state index is 13.1. The highest BCUT2D eigenvalue weighted by atomic mass is 19.1. The fourth-order valence-electron chi connectivity index (χ4n) is 2.55. The molecule has 1 atom stereocenters. The van der Waals surface area contributed by atoms with E-state index in [-0.39, 0.29) is 24.2 Å². The van der Waals surface area contributed by atoms with Crippen LogP contribution in [0.3, 0.4) is 0 Å². The number of carbonyl (C=O) groups is 2. The van der Waals surface area contributed by atoms with E-state index in [0.29, 0.717) is 6.54 Å². The summed E-state index contributed by atoms with van der Waals surface area (Å²) in [7, 11) is 0. The molecule has 5 heteroatoms. The number of halogens is 1. The van der Waals surface area contributed by atoms with Gasteiger partial charge in [-0.1, -0.05) is 42.5 Å². The molecule has 24 heavy (non-hydrogen) atoms. The molecule has 0 unspecified atom stereocenters. The predicted octanol–water partition coefficient (Wildman–Crippen LogP) is 3.05. The Bertz CT molecular complexity index is 686. The highest BCUT2D eigenvalue weighted by Gasteiger charge is 2.29. The Kier molecular flexibility index (Phi) is 6.07. The molecule has 0 heterocycles. The molecule has 2 aromatic carbocycles. The summed E-state index contributed by atoms with van der Waals surface area (Å²) in [6.07, 6.45) is 0. The first-order valence-electron chi connectivity index (χ1n) is 7.87. The van der Waals surface area contributed by atoms with E-state index in [2.05, 4.69) is 5.32 Å². The number of nitrogens with zero attached hydrogens (tertiary/aromatic N) is 1. The van der Waals surface area contributed by atoms with E-state index >= 15 is 0 Å². The van der Waals surface area contributed by atoms with Crippen molar-refractivity contribution in [3.05, 3.63) is 71.5 Å². The van der Waals surface area contributed by atoms with Crippen LogP contribution in [0.15, 0.2) is 54.6 Å². The quantitative estimate of drug-likeness (QED) is 0.886. The number of nitrogens with one attached hydrogen (secondary N) is 1. The van der Waals surface area contributed by atoms with Crippen LogP contribution < -0.4 is 5.32 Å². The smallest absolute Gasteiger partial charge is 0.247 e. The molecule has 4 nitrogen and oxygen atoms in total. The number of carbonyl (C=O) groups excluding carboxylic acids is 2. The molecule has 0 radical (unpaired) electrons. The maximum absolute atomic E-state index is 13.1. The molecule has 0 saturated heterocycles. The molecular formula is C19H21FN2O2. The number of hydrogen-bond acceptors (Lipinski definition) is 2. The minimum absolute atomic E-state index is 0.223. The van der Waals surface area contributed by atoms with Gasteiger partial charge in [-0.05, 0) is 30.2 Å². The summed E-state index contributed by atoms with van der Waals surface area (Å²) in [5.74, 6) is -0.795. The molecular weight excluding hydrogens is 307 g/mol. The van der Waals surface area contributed by atoms with Gasteiger partial charge in [-0.15, -0.1) is 0 Å². The van der Waals surface area contributed by atoms with Crippen LogP contribution in [-0.2, 0) is 16.1 Å². The van der Waals surface area contributed by atoms with Gasteiger partial charge in [-0.2, -0.15) is 0 Å². The summed E-state index contributed by atoms with van der Waals surface area (Å²) in [5.41, 5.74) is 1.50. The summed E-state index contributed by atoms with van der Waals surface area (Å²) in [6.45, 7) is 3.97. The van der Waals surface area contributed by atoms with Crippen molar-refractivity contribution in [3.8, 4) is 0 Å². The molecule has 0 aliphatic rings. The summed E-state index contributed by atoms with van der Waals surface area (Å²) in [5, 5.41) is 2.78. The van der Waals surface area contributed by atoms with E-state index in [1.165, 1.54) is 24.0 Å². The lowest BCUT2D eigenvalue weighted by atomic mass is 10.0. The third kappa shape index (κ3) is 4.41. The summed E-state index contributed by atoms with van der Waals surface area (Å²) >= 11 is 0. The number of hydrogen-bond donors (Lipinski definition) is 1. The zero-order valence-corrected chi connectivity index (χ0v) is 13.8. The summed E-state index contributed by atoms with van der Waals surface area (Å²) in [4.78, 5) is 26.3. The van der Waals surface area contributed by atoms with Gasteiger partial charge in [0, 0.05) is 20.0 Å². The van der Waals surface area contributed by atoms with Crippen molar-refractivity contribution >= 4 is 11.8 Å².